The van der Waals surface area contributed by atoms with Crippen LogP contribution < -0.4 is 31.4 Å². The molecule has 0 saturated carbocycles. The van der Waals surface area contributed by atoms with Gasteiger partial charge in [0, 0.05) is 23.6 Å². The zero-order chi connectivity index (χ0) is 24.8. The number of ether oxygens (including phenoxy) is 2. The lowest BCUT2D eigenvalue weighted by Gasteiger charge is -2.22. The van der Waals surface area contributed by atoms with Crippen LogP contribution in [0.25, 0.3) is 0 Å². The lowest BCUT2D eigenvalue weighted by molar-refractivity contribution is -0.122. The van der Waals surface area contributed by atoms with E-state index in [1.165, 1.54) is 18.6 Å². The number of nitrogens with one attached hydrogen (secondary N) is 3. The third-order valence-corrected chi connectivity index (χ3v) is 4.97. The first kappa shape index (κ1) is 23.5. The van der Waals surface area contributed by atoms with Gasteiger partial charge in [0.15, 0.2) is 18.2 Å². The quantitative estimate of drug-likeness (QED) is 0.418. The van der Waals surface area contributed by atoms with Gasteiger partial charge in [-0.05, 0) is 55.8 Å². The highest BCUT2D eigenvalue weighted by molar-refractivity contribution is 5.98. The smallest absolute Gasteiger partial charge is 0.289 e. The maximum absolute atomic E-state index is 13.2. The van der Waals surface area contributed by atoms with E-state index in [1.807, 2.05) is 13.8 Å². The van der Waals surface area contributed by atoms with E-state index in [0.29, 0.717) is 34.1 Å². The van der Waals surface area contributed by atoms with Crippen molar-refractivity contribution >= 4 is 23.3 Å². The number of hydrogen-bond donors (Lipinski definition) is 4. The molecule has 4 bridgehead atoms. The van der Waals surface area contributed by atoms with Crippen LogP contribution in [0.5, 0.6) is 11.5 Å². The van der Waals surface area contributed by atoms with Gasteiger partial charge in [-0.1, -0.05) is 6.07 Å². The van der Waals surface area contributed by atoms with Gasteiger partial charge in [0.05, 0.1) is 12.3 Å². The maximum atomic E-state index is 13.2. The van der Waals surface area contributed by atoms with Crippen LogP contribution in [-0.2, 0) is 4.79 Å². The zero-order valence-electron chi connectivity index (χ0n) is 19.2. The molecule has 2 aromatic carbocycles. The molecular formula is C24H25N7O4. The molecule has 2 amide bonds. The summed E-state index contributed by atoms with van der Waals surface area (Å²) in [7, 11) is 0. The molecule has 0 aliphatic carbocycles. The van der Waals surface area contributed by atoms with Gasteiger partial charge >= 0.3 is 0 Å². The minimum atomic E-state index is -0.891. The van der Waals surface area contributed by atoms with Crippen molar-refractivity contribution in [1.82, 2.24) is 20.8 Å². The van der Waals surface area contributed by atoms with Crippen molar-refractivity contribution in [1.29, 1.82) is 0 Å². The van der Waals surface area contributed by atoms with Crippen LogP contribution in [0.1, 0.15) is 41.5 Å². The van der Waals surface area contributed by atoms with Crippen molar-refractivity contribution in [2.75, 3.05) is 12.0 Å². The Hall–Kier alpha value is -4.67. The molecule has 1 unspecified atom stereocenters. The number of aromatic nitrogens is 2. The summed E-state index contributed by atoms with van der Waals surface area (Å²) in [5.74, 6) is 0.109. The van der Waals surface area contributed by atoms with E-state index in [0.717, 1.165) is 0 Å². The Morgan fingerprint density at radius 2 is 1.94 bits per heavy atom. The Labute approximate surface area is 201 Å². The van der Waals surface area contributed by atoms with Crippen molar-refractivity contribution in [3.63, 3.8) is 0 Å². The van der Waals surface area contributed by atoms with Crippen LogP contribution >= 0.6 is 0 Å². The fourth-order valence-electron chi connectivity index (χ4n) is 3.31. The molecule has 35 heavy (non-hydrogen) atoms. The Bertz CT molecular complexity index is 1230. The van der Waals surface area contributed by atoms with Gasteiger partial charge in [-0.25, -0.2) is 9.98 Å². The summed E-state index contributed by atoms with van der Waals surface area (Å²) < 4.78 is 11.7. The molecule has 0 fully saturated rings. The van der Waals surface area contributed by atoms with Crippen LogP contribution in [0.4, 0.5) is 5.69 Å². The molecule has 1 aromatic heterocycles. The number of amides is 2. The molecule has 0 radical (unpaired) electrons. The van der Waals surface area contributed by atoms with Gasteiger partial charge in [0.1, 0.15) is 17.6 Å². The summed E-state index contributed by atoms with van der Waals surface area (Å²) >= 11 is 0. The molecule has 5 rings (SSSR count). The second-order valence-electron chi connectivity index (χ2n) is 7.88. The van der Waals surface area contributed by atoms with E-state index in [2.05, 4.69) is 31.1 Å². The Morgan fingerprint density at radius 3 is 2.66 bits per heavy atom. The van der Waals surface area contributed by atoms with Gasteiger partial charge in [-0.2, -0.15) is 0 Å². The molecule has 180 valence electrons. The number of rotatable bonds is 4. The number of carbonyl (C=O) groups is 2. The van der Waals surface area contributed by atoms with E-state index >= 15 is 0 Å². The predicted octanol–water partition coefficient (Wildman–Crippen LogP) is 1.93. The normalized spacial score (nSPS) is 16.3. The predicted molar refractivity (Wildman–Crippen MR) is 129 cm³/mol. The number of anilines is 1. The Kier molecular flexibility index (Phi) is 7.05. The second-order valence-corrected chi connectivity index (χ2v) is 7.88. The highest BCUT2D eigenvalue weighted by atomic mass is 16.5. The molecule has 0 saturated heterocycles. The molecule has 1 atom stereocenters. The number of benzene rings is 2. The standard InChI is InChI=1S/C24H25N7O4/c1-14(2)35-19-8-5-16-11-20(19)34-13-28-22(25)15-3-6-17(7-4-15)29-21(16)24(33)31-30-23(32)18-12-26-9-10-27-18/h3-12,14,21,29H,13H2,1-2H3,(H2,25,28)(H,30,32)(H,31,33). The van der Waals surface area contributed by atoms with Gasteiger partial charge in [0.2, 0.25) is 0 Å². The maximum Gasteiger partial charge on any atom is 0.289 e. The van der Waals surface area contributed by atoms with Crippen molar-refractivity contribution in [3.05, 3.63) is 77.9 Å². The van der Waals surface area contributed by atoms with E-state index in [4.69, 9.17) is 15.2 Å². The van der Waals surface area contributed by atoms with Crippen LogP contribution in [-0.4, -0.2) is 40.5 Å². The number of aliphatic imine (C=N–C) groups is 1. The van der Waals surface area contributed by atoms with E-state index in [1.54, 1.807) is 42.5 Å². The van der Waals surface area contributed by atoms with Crippen LogP contribution in [0, 0.1) is 0 Å². The second kappa shape index (κ2) is 10.5. The van der Waals surface area contributed by atoms with Crippen molar-refractivity contribution in [3.8, 4) is 11.5 Å². The highest BCUT2D eigenvalue weighted by Gasteiger charge is 2.24. The lowest BCUT2D eigenvalue weighted by atomic mass is 10.0. The minimum Gasteiger partial charge on any atom is -0.487 e. The SMILES string of the molecule is CC(C)Oc1ccc2cc1OC/N=C(/N)c1ccc(cc1)NC2C(=O)NNC(=O)c1cnccn1. The molecule has 2 aliphatic heterocycles. The molecule has 3 heterocycles. The average molecular weight is 476 g/mol. The number of amidine groups is 1. The largest absolute Gasteiger partial charge is 0.487 e. The number of hydrazine groups is 1. The summed E-state index contributed by atoms with van der Waals surface area (Å²) in [5.41, 5.74) is 12.9. The fourth-order valence-corrected chi connectivity index (χ4v) is 3.31. The first-order valence-corrected chi connectivity index (χ1v) is 10.9. The molecule has 3 aromatic rings. The topological polar surface area (TPSA) is 153 Å². The van der Waals surface area contributed by atoms with E-state index in [-0.39, 0.29) is 18.5 Å². The van der Waals surface area contributed by atoms with Crippen LogP contribution in [0.15, 0.2) is 66.0 Å². The third kappa shape index (κ3) is 5.82. The van der Waals surface area contributed by atoms with E-state index in [9.17, 15) is 9.59 Å². The van der Waals surface area contributed by atoms with Gasteiger partial charge in [-0.3, -0.25) is 25.4 Å². The highest BCUT2D eigenvalue weighted by Crippen LogP contribution is 2.33. The molecule has 11 nitrogen and oxygen atoms in total. The van der Waals surface area contributed by atoms with Crippen molar-refractivity contribution in [2.45, 2.75) is 26.0 Å². The lowest BCUT2D eigenvalue weighted by Crippen LogP contribution is -2.45. The van der Waals surface area contributed by atoms with Crippen LogP contribution in [0.2, 0.25) is 0 Å². The first-order chi connectivity index (χ1) is 16.9. The number of carbonyl (C=O) groups excluding carboxylic acids is 2. The average Bonchev–Trinajstić information content (AvgIpc) is 2.88. The van der Waals surface area contributed by atoms with Crippen LogP contribution in [0.3, 0.4) is 0 Å². The Morgan fingerprint density at radius 1 is 1.14 bits per heavy atom. The van der Waals surface area contributed by atoms with Crippen molar-refractivity contribution < 1.29 is 19.1 Å². The number of nitrogens with zero attached hydrogens (tertiary/aromatic N) is 3. The summed E-state index contributed by atoms with van der Waals surface area (Å²) in [6, 6.07) is 11.4. The summed E-state index contributed by atoms with van der Waals surface area (Å²) in [4.78, 5) is 37.6. The number of nitrogens with two attached hydrogens (primary N) is 1. The third-order valence-electron chi connectivity index (χ3n) is 4.97. The van der Waals surface area contributed by atoms with E-state index < -0.39 is 17.9 Å². The molecule has 11 heteroatoms. The molecule has 0 spiro atoms. The first-order valence-electron chi connectivity index (χ1n) is 10.9. The van der Waals surface area contributed by atoms with Gasteiger partial charge < -0.3 is 20.5 Å². The summed E-state index contributed by atoms with van der Waals surface area (Å²) in [6.07, 6.45) is 4.03. The number of fused-ring (bicyclic) bond motifs is 5. The fraction of sp³-hybridized carbons (Fsp3) is 0.208. The molecule has 5 N–H and O–H groups in total. The zero-order valence-corrected chi connectivity index (χ0v) is 19.2. The molecule has 2 aliphatic rings. The molecular weight excluding hydrogens is 450 g/mol. The number of hydrogen-bond acceptors (Lipinski definition) is 9. The summed E-state index contributed by atoms with van der Waals surface area (Å²) in [5, 5.41) is 3.19. The van der Waals surface area contributed by atoms with Gasteiger partial charge in [-0.15, -0.1) is 0 Å². The Balaban J connectivity index is 1.65. The summed E-state index contributed by atoms with van der Waals surface area (Å²) in [6.45, 7) is 3.76. The minimum absolute atomic E-state index is 0.0377. The monoisotopic (exact) mass is 475 g/mol. The van der Waals surface area contributed by atoms with Crippen molar-refractivity contribution in [2.24, 2.45) is 10.7 Å². The van der Waals surface area contributed by atoms with Gasteiger partial charge in [0.25, 0.3) is 11.8 Å².